The van der Waals surface area contributed by atoms with Crippen molar-refractivity contribution in [2.24, 2.45) is 0 Å². The Kier molecular flexibility index (Phi) is 7.35. The highest BCUT2D eigenvalue weighted by Crippen LogP contribution is 2.22. The largest absolute Gasteiger partial charge is 0.481 e. The number of methoxy groups -OCH3 is 2. The topological polar surface area (TPSA) is 85.7 Å². The second kappa shape index (κ2) is 10.6. The Labute approximate surface area is 183 Å². The number of aromatic nitrogens is 4. The van der Waals surface area contributed by atoms with Crippen molar-refractivity contribution in [2.45, 2.75) is 38.5 Å². The number of nitrogens with zero attached hydrogens (tertiary/aromatic N) is 6. The molecule has 168 valence electrons. The summed E-state index contributed by atoms with van der Waals surface area (Å²) in [6.07, 6.45) is 8.38. The molecule has 9 heteroatoms. The minimum atomic E-state index is 0.521. The number of hydrogen-bond donors (Lipinski definition) is 0. The number of unbranched alkanes of at least 4 members (excludes halogenated alkanes) is 1. The second-order valence-electron chi connectivity index (χ2n) is 7.95. The molecule has 0 bridgehead atoms. The van der Waals surface area contributed by atoms with Crippen LogP contribution in [0.25, 0.3) is 0 Å². The van der Waals surface area contributed by atoms with Crippen LogP contribution in [0, 0.1) is 0 Å². The molecule has 1 aliphatic heterocycles. The summed E-state index contributed by atoms with van der Waals surface area (Å²) in [5.74, 6) is 2.37. The molecule has 0 spiro atoms. The summed E-state index contributed by atoms with van der Waals surface area (Å²) in [7, 11) is 3.21. The van der Waals surface area contributed by atoms with Crippen LogP contribution in [0.2, 0.25) is 0 Å². The van der Waals surface area contributed by atoms with Crippen molar-refractivity contribution in [3.63, 3.8) is 0 Å². The summed E-state index contributed by atoms with van der Waals surface area (Å²) < 4.78 is 16.4. The van der Waals surface area contributed by atoms with E-state index in [0.29, 0.717) is 30.2 Å². The van der Waals surface area contributed by atoms with Gasteiger partial charge in [0.1, 0.15) is 0 Å². The van der Waals surface area contributed by atoms with Crippen molar-refractivity contribution in [2.75, 3.05) is 58.5 Å². The van der Waals surface area contributed by atoms with Gasteiger partial charge < -0.3 is 19.1 Å². The highest BCUT2D eigenvalue weighted by molar-refractivity contribution is 5.37. The summed E-state index contributed by atoms with van der Waals surface area (Å²) in [6.45, 7) is 5.50. The Balaban J connectivity index is 1.16. The van der Waals surface area contributed by atoms with Gasteiger partial charge in [-0.15, -0.1) is 0 Å². The van der Waals surface area contributed by atoms with E-state index in [2.05, 4.69) is 29.7 Å². The maximum atomic E-state index is 5.84. The van der Waals surface area contributed by atoms with Crippen LogP contribution < -0.4 is 19.1 Å². The minimum Gasteiger partial charge on any atom is -0.481 e. The number of piperazine rings is 1. The number of fused-ring (bicyclic) bond motifs is 1. The second-order valence-corrected chi connectivity index (χ2v) is 7.95. The van der Waals surface area contributed by atoms with Gasteiger partial charge in [0.25, 0.3) is 0 Å². The number of aryl methyl sites for hydroxylation is 2. The lowest BCUT2D eigenvalue weighted by atomic mass is 10.0. The number of anilines is 1. The Morgan fingerprint density at radius 2 is 1.55 bits per heavy atom. The van der Waals surface area contributed by atoms with Crippen molar-refractivity contribution >= 4 is 5.95 Å². The lowest BCUT2D eigenvalue weighted by Crippen LogP contribution is -2.47. The SMILES string of the molecule is COc1cc(OC)nc(N2CCN(CCCCOc3cnc4c(n3)CCCC4)CC2)n1. The number of rotatable bonds is 9. The van der Waals surface area contributed by atoms with Crippen LogP contribution >= 0.6 is 0 Å². The monoisotopic (exact) mass is 428 g/mol. The summed E-state index contributed by atoms with van der Waals surface area (Å²) in [5.41, 5.74) is 2.27. The molecule has 0 saturated carbocycles. The number of ether oxygens (including phenoxy) is 3. The lowest BCUT2D eigenvalue weighted by Gasteiger charge is -2.34. The average Bonchev–Trinajstić information content (AvgIpc) is 2.83. The Morgan fingerprint density at radius 1 is 0.839 bits per heavy atom. The van der Waals surface area contributed by atoms with Crippen LogP contribution in [0.5, 0.6) is 17.6 Å². The van der Waals surface area contributed by atoms with Crippen LogP contribution in [0.3, 0.4) is 0 Å². The predicted octanol–water partition coefficient (Wildman–Crippen LogP) is 2.14. The first-order valence-electron chi connectivity index (χ1n) is 11.2. The molecule has 2 aromatic heterocycles. The van der Waals surface area contributed by atoms with E-state index in [1.165, 1.54) is 12.8 Å². The molecular formula is C22H32N6O3. The van der Waals surface area contributed by atoms with E-state index in [4.69, 9.17) is 14.2 Å². The molecule has 4 rings (SSSR count). The normalized spacial score (nSPS) is 16.6. The smallest absolute Gasteiger partial charge is 0.232 e. The summed E-state index contributed by atoms with van der Waals surface area (Å²) in [6, 6.07) is 1.69. The molecule has 1 saturated heterocycles. The fourth-order valence-corrected chi connectivity index (χ4v) is 4.03. The van der Waals surface area contributed by atoms with Gasteiger partial charge in [-0.3, -0.25) is 9.88 Å². The first-order chi connectivity index (χ1) is 15.2. The third-order valence-electron chi connectivity index (χ3n) is 5.85. The van der Waals surface area contributed by atoms with Crippen LogP contribution in [-0.2, 0) is 12.8 Å². The third-order valence-corrected chi connectivity index (χ3v) is 5.85. The predicted molar refractivity (Wildman–Crippen MR) is 117 cm³/mol. The van der Waals surface area contributed by atoms with Crippen molar-refractivity contribution in [1.29, 1.82) is 0 Å². The molecule has 0 radical (unpaired) electrons. The minimum absolute atomic E-state index is 0.521. The maximum absolute atomic E-state index is 5.84. The maximum Gasteiger partial charge on any atom is 0.232 e. The van der Waals surface area contributed by atoms with Crippen LogP contribution in [0.15, 0.2) is 12.3 Å². The van der Waals surface area contributed by atoms with E-state index in [-0.39, 0.29) is 0 Å². The standard InChI is InChI=1S/C22H32N6O3/c1-29-19-15-20(30-2)26-22(25-19)28-12-10-27(11-13-28)9-5-6-14-31-21-16-23-17-7-3-4-8-18(17)24-21/h15-16H,3-14H2,1-2H3. The molecular weight excluding hydrogens is 396 g/mol. The van der Waals surface area contributed by atoms with E-state index in [0.717, 1.165) is 69.8 Å². The molecule has 0 aromatic carbocycles. The van der Waals surface area contributed by atoms with Gasteiger partial charge in [-0.05, 0) is 45.1 Å². The first-order valence-corrected chi connectivity index (χ1v) is 11.2. The summed E-state index contributed by atoms with van der Waals surface area (Å²) >= 11 is 0. The van der Waals surface area contributed by atoms with Gasteiger partial charge in [0.2, 0.25) is 23.6 Å². The molecule has 1 fully saturated rings. The number of hydrogen-bond acceptors (Lipinski definition) is 9. The molecule has 31 heavy (non-hydrogen) atoms. The van der Waals surface area contributed by atoms with Gasteiger partial charge in [0.05, 0.1) is 44.5 Å². The molecule has 0 atom stereocenters. The van der Waals surface area contributed by atoms with Gasteiger partial charge in [-0.25, -0.2) is 4.98 Å². The van der Waals surface area contributed by atoms with Gasteiger partial charge in [0.15, 0.2) is 0 Å². The molecule has 3 heterocycles. The lowest BCUT2D eigenvalue weighted by molar-refractivity contribution is 0.235. The van der Waals surface area contributed by atoms with E-state index >= 15 is 0 Å². The average molecular weight is 429 g/mol. The Morgan fingerprint density at radius 3 is 2.26 bits per heavy atom. The molecule has 0 amide bonds. The van der Waals surface area contributed by atoms with Crippen molar-refractivity contribution in [1.82, 2.24) is 24.8 Å². The molecule has 2 aliphatic rings. The summed E-state index contributed by atoms with van der Waals surface area (Å²) in [5, 5.41) is 0. The highest BCUT2D eigenvalue weighted by atomic mass is 16.5. The van der Waals surface area contributed by atoms with Gasteiger partial charge >= 0.3 is 0 Å². The van der Waals surface area contributed by atoms with E-state index in [9.17, 15) is 0 Å². The molecule has 1 aliphatic carbocycles. The zero-order valence-electron chi connectivity index (χ0n) is 18.5. The molecule has 0 N–H and O–H groups in total. The zero-order valence-corrected chi connectivity index (χ0v) is 18.5. The molecule has 2 aromatic rings. The van der Waals surface area contributed by atoms with Crippen LogP contribution in [0.4, 0.5) is 5.95 Å². The molecule has 0 unspecified atom stereocenters. The molecule has 9 nitrogen and oxygen atoms in total. The highest BCUT2D eigenvalue weighted by Gasteiger charge is 2.20. The van der Waals surface area contributed by atoms with E-state index < -0.39 is 0 Å². The zero-order chi connectivity index (χ0) is 21.5. The van der Waals surface area contributed by atoms with Gasteiger partial charge in [-0.2, -0.15) is 9.97 Å². The fraction of sp³-hybridized carbons (Fsp3) is 0.636. The quantitative estimate of drug-likeness (QED) is 0.558. The Hall–Kier alpha value is -2.68. The van der Waals surface area contributed by atoms with Gasteiger partial charge in [-0.1, -0.05) is 0 Å². The third kappa shape index (κ3) is 5.72. The van der Waals surface area contributed by atoms with Crippen molar-refractivity contribution in [3.8, 4) is 17.6 Å². The van der Waals surface area contributed by atoms with E-state index in [1.807, 2.05) is 0 Å². The van der Waals surface area contributed by atoms with Crippen LogP contribution in [0.1, 0.15) is 37.1 Å². The fourth-order valence-electron chi connectivity index (χ4n) is 4.03. The Bertz CT molecular complexity index is 835. The van der Waals surface area contributed by atoms with Crippen molar-refractivity contribution in [3.05, 3.63) is 23.7 Å². The van der Waals surface area contributed by atoms with Gasteiger partial charge in [0, 0.05) is 26.2 Å². The van der Waals surface area contributed by atoms with E-state index in [1.54, 1.807) is 26.5 Å². The summed E-state index contributed by atoms with van der Waals surface area (Å²) in [4.78, 5) is 22.7. The van der Waals surface area contributed by atoms with Crippen LogP contribution in [-0.4, -0.2) is 78.4 Å². The van der Waals surface area contributed by atoms with Crippen molar-refractivity contribution < 1.29 is 14.2 Å². The first kappa shape index (κ1) is 21.5.